The van der Waals surface area contributed by atoms with Crippen molar-refractivity contribution in [1.29, 1.82) is 0 Å². The highest BCUT2D eigenvalue weighted by Gasteiger charge is 2.27. The maximum absolute atomic E-state index is 12.7. The zero-order chi connectivity index (χ0) is 21.6. The van der Waals surface area contributed by atoms with Crippen LogP contribution in [0.15, 0.2) is 30.3 Å². The fourth-order valence-corrected chi connectivity index (χ4v) is 2.92. The van der Waals surface area contributed by atoms with Gasteiger partial charge in [-0.1, -0.05) is 32.0 Å². The number of nitro benzene ring substituents is 1. The average molecular weight is 402 g/mol. The van der Waals surface area contributed by atoms with Gasteiger partial charge in [-0.15, -0.1) is 0 Å². The lowest BCUT2D eigenvalue weighted by molar-refractivity contribution is -0.385. The number of nitro groups is 1. The van der Waals surface area contributed by atoms with Gasteiger partial charge in [-0.05, 0) is 32.3 Å². The van der Waals surface area contributed by atoms with Crippen LogP contribution in [0.2, 0.25) is 0 Å². The largest absolute Gasteiger partial charge is 0.463 e. The van der Waals surface area contributed by atoms with Gasteiger partial charge in [-0.3, -0.25) is 24.8 Å². The summed E-state index contributed by atoms with van der Waals surface area (Å²) in [4.78, 5) is 35.8. The molecule has 2 rings (SSSR count). The first-order valence-electron chi connectivity index (χ1n) is 9.45. The summed E-state index contributed by atoms with van der Waals surface area (Å²) in [6.45, 7) is 7.50. The summed E-state index contributed by atoms with van der Waals surface area (Å²) < 4.78 is 5.16. The minimum Gasteiger partial charge on any atom is -0.463 e. The van der Waals surface area contributed by atoms with Crippen molar-refractivity contribution in [1.82, 2.24) is 15.5 Å². The van der Waals surface area contributed by atoms with Crippen LogP contribution in [0.3, 0.4) is 0 Å². The Balaban J connectivity index is 2.28. The third-order valence-corrected chi connectivity index (χ3v) is 4.04. The number of nitrogens with zero attached hydrogens (tertiary/aromatic N) is 2. The molecule has 2 N–H and O–H groups in total. The summed E-state index contributed by atoms with van der Waals surface area (Å²) in [5, 5.41) is 20.9. The van der Waals surface area contributed by atoms with E-state index in [1.165, 1.54) is 18.2 Å². The predicted octanol–water partition coefficient (Wildman–Crippen LogP) is 3.33. The number of carbonyl (C=O) groups excluding carboxylic acids is 2. The van der Waals surface area contributed by atoms with E-state index < -0.39 is 22.8 Å². The molecule has 0 bridgehead atoms. The lowest BCUT2D eigenvalue weighted by Gasteiger charge is -2.19. The van der Waals surface area contributed by atoms with Gasteiger partial charge in [0.15, 0.2) is 0 Å². The molecule has 9 heteroatoms. The van der Waals surface area contributed by atoms with Crippen LogP contribution in [0.5, 0.6) is 0 Å². The number of aromatic nitrogens is 2. The van der Waals surface area contributed by atoms with Crippen molar-refractivity contribution >= 4 is 17.6 Å². The van der Waals surface area contributed by atoms with Crippen molar-refractivity contribution < 1.29 is 19.2 Å². The van der Waals surface area contributed by atoms with Crippen LogP contribution in [-0.2, 0) is 16.0 Å². The quantitative estimate of drug-likeness (QED) is 0.376. The van der Waals surface area contributed by atoms with Crippen molar-refractivity contribution in [3.05, 3.63) is 57.4 Å². The van der Waals surface area contributed by atoms with Crippen molar-refractivity contribution in [2.45, 2.75) is 52.7 Å². The molecule has 0 spiro atoms. The molecule has 0 aliphatic heterocycles. The van der Waals surface area contributed by atoms with Gasteiger partial charge in [0.2, 0.25) is 0 Å². The maximum Gasteiger partial charge on any atom is 0.308 e. The molecule has 29 heavy (non-hydrogen) atoms. The lowest BCUT2D eigenvalue weighted by atomic mass is 10.0. The molecule has 0 aliphatic rings. The first kappa shape index (κ1) is 22.1. The van der Waals surface area contributed by atoms with E-state index in [1.54, 1.807) is 26.0 Å². The average Bonchev–Trinajstić information content (AvgIpc) is 3.08. The fraction of sp³-hybridized carbons (Fsp3) is 0.450. The molecule has 1 unspecified atom stereocenters. The van der Waals surface area contributed by atoms with Gasteiger partial charge in [0.25, 0.3) is 11.6 Å². The van der Waals surface area contributed by atoms with Crippen molar-refractivity contribution in [2.75, 3.05) is 0 Å². The Morgan fingerprint density at radius 1 is 1.24 bits per heavy atom. The van der Waals surface area contributed by atoms with E-state index >= 15 is 0 Å². The van der Waals surface area contributed by atoms with E-state index in [0.29, 0.717) is 5.92 Å². The topological polar surface area (TPSA) is 127 Å². The van der Waals surface area contributed by atoms with E-state index in [9.17, 15) is 19.7 Å². The number of hydrogen-bond donors (Lipinski definition) is 2. The molecular weight excluding hydrogens is 376 g/mol. The number of esters is 1. The number of carbonyl (C=O) groups is 2. The number of hydrogen-bond acceptors (Lipinski definition) is 6. The van der Waals surface area contributed by atoms with Gasteiger partial charge in [0.05, 0.1) is 29.1 Å². The zero-order valence-corrected chi connectivity index (χ0v) is 17.0. The molecule has 0 saturated carbocycles. The number of ether oxygens (including phenoxy) is 1. The minimum atomic E-state index is -0.930. The molecule has 2 aromatic rings. The van der Waals surface area contributed by atoms with Gasteiger partial charge < -0.3 is 10.1 Å². The Bertz CT molecular complexity index is 875. The molecule has 0 fully saturated rings. The summed E-state index contributed by atoms with van der Waals surface area (Å²) in [6, 6.07) is 6.69. The monoisotopic (exact) mass is 402 g/mol. The fourth-order valence-electron chi connectivity index (χ4n) is 2.92. The van der Waals surface area contributed by atoms with Crippen LogP contribution in [-0.4, -0.2) is 33.1 Å². The smallest absolute Gasteiger partial charge is 0.308 e. The third-order valence-electron chi connectivity index (χ3n) is 4.04. The van der Waals surface area contributed by atoms with Crippen LogP contribution in [0.4, 0.5) is 5.69 Å². The Morgan fingerprint density at radius 2 is 1.93 bits per heavy atom. The Hall–Kier alpha value is -3.23. The van der Waals surface area contributed by atoms with Crippen molar-refractivity contribution in [2.24, 2.45) is 5.92 Å². The summed E-state index contributed by atoms with van der Waals surface area (Å²) >= 11 is 0. The highest BCUT2D eigenvalue weighted by molar-refractivity contribution is 5.93. The molecule has 1 aromatic heterocycles. The molecule has 0 aliphatic carbocycles. The Kier molecular flexibility index (Phi) is 7.46. The first-order valence-corrected chi connectivity index (χ1v) is 9.45. The second kappa shape index (κ2) is 9.81. The molecule has 1 aromatic carbocycles. The van der Waals surface area contributed by atoms with E-state index in [0.717, 1.165) is 12.1 Å². The van der Waals surface area contributed by atoms with Gasteiger partial charge in [-0.2, -0.15) is 5.10 Å². The van der Waals surface area contributed by atoms with Gasteiger partial charge in [0, 0.05) is 11.8 Å². The number of para-hydroxylation sites is 1. The standard InChI is InChI=1S/C20H26N4O5/c1-12(2)9-14-10-17(23-22-14)20(26)21-16(11-19(25)29-13(3)4)15-7-5-6-8-18(15)24(27)28/h5-8,10,12-13,16H,9,11H2,1-4H3,(H,21,26)(H,22,23). The summed E-state index contributed by atoms with van der Waals surface area (Å²) in [5.74, 6) is -0.709. The maximum atomic E-state index is 12.7. The van der Waals surface area contributed by atoms with Crippen molar-refractivity contribution in [3.63, 3.8) is 0 Å². The SMILES string of the molecule is CC(C)Cc1cc(C(=O)NC(CC(=O)OC(C)C)c2ccccc2[N+](=O)[O-])n[nH]1. The first-order chi connectivity index (χ1) is 13.7. The Morgan fingerprint density at radius 3 is 2.55 bits per heavy atom. The summed E-state index contributed by atoms with van der Waals surface area (Å²) in [7, 11) is 0. The molecule has 1 amide bonds. The third kappa shape index (κ3) is 6.41. The highest BCUT2D eigenvalue weighted by Crippen LogP contribution is 2.28. The molecule has 0 radical (unpaired) electrons. The van der Waals surface area contributed by atoms with Crippen molar-refractivity contribution in [3.8, 4) is 0 Å². The van der Waals surface area contributed by atoms with E-state index in [1.807, 2.05) is 13.8 Å². The second-order valence-corrected chi connectivity index (χ2v) is 7.46. The normalized spacial score (nSPS) is 12.1. The van der Waals surface area contributed by atoms with Crippen LogP contribution < -0.4 is 5.32 Å². The minimum absolute atomic E-state index is 0.154. The van der Waals surface area contributed by atoms with E-state index in [4.69, 9.17) is 4.74 Å². The number of amides is 1. The predicted molar refractivity (Wildman–Crippen MR) is 106 cm³/mol. The number of H-pyrrole nitrogens is 1. The number of nitrogens with one attached hydrogen (secondary N) is 2. The summed E-state index contributed by atoms with van der Waals surface area (Å²) in [5.41, 5.74) is 1.01. The van der Waals surface area contributed by atoms with E-state index in [2.05, 4.69) is 15.5 Å². The Labute approximate surface area is 169 Å². The zero-order valence-electron chi connectivity index (χ0n) is 17.0. The number of rotatable bonds is 9. The van der Waals surface area contributed by atoms with Gasteiger partial charge in [0.1, 0.15) is 5.69 Å². The highest BCUT2D eigenvalue weighted by atomic mass is 16.6. The number of aromatic amines is 1. The molecule has 1 atom stereocenters. The van der Waals surface area contributed by atoms with Gasteiger partial charge >= 0.3 is 5.97 Å². The number of benzene rings is 1. The van der Waals surface area contributed by atoms with E-state index in [-0.39, 0.29) is 29.5 Å². The molecule has 1 heterocycles. The second-order valence-electron chi connectivity index (χ2n) is 7.46. The molecule has 156 valence electrons. The molecular formula is C20H26N4O5. The molecule has 9 nitrogen and oxygen atoms in total. The van der Waals surface area contributed by atoms with Crippen LogP contribution >= 0.6 is 0 Å². The van der Waals surface area contributed by atoms with Crippen LogP contribution in [0, 0.1) is 16.0 Å². The van der Waals surface area contributed by atoms with Gasteiger partial charge in [-0.25, -0.2) is 0 Å². The van der Waals surface area contributed by atoms with Crippen LogP contribution in [0.25, 0.3) is 0 Å². The lowest BCUT2D eigenvalue weighted by Crippen LogP contribution is -2.31. The van der Waals surface area contributed by atoms with Crippen LogP contribution in [0.1, 0.15) is 61.9 Å². The summed E-state index contributed by atoms with van der Waals surface area (Å²) in [6.07, 6.45) is 0.154. The molecule has 0 saturated heterocycles.